The third kappa shape index (κ3) is 2.84. The van der Waals surface area contributed by atoms with Crippen LogP contribution in [0.5, 0.6) is 5.75 Å². The number of aromatic amines is 1. The zero-order valence-electron chi connectivity index (χ0n) is 11.0. The van der Waals surface area contributed by atoms with E-state index in [0.717, 1.165) is 12.3 Å². The van der Waals surface area contributed by atoms with E-state index in [-0.39, 0.29) is 23.1 Å². The number of hydrogen-bond acceptors (Lipinski definition) is 5. The summed E-state index contributed by atoms with van der Waals surface area (Å²) in [4.78, 5) is 27.1. The van der Waals surface area contributed by atoms with Crippen LogP contribution < -0.4 is 5.56 Å². The number of nitrogens with zero attached hydrogens (tertiary/aromatic N) is 1. The Morgan fingerprint density at radius 1 is 1.55 bits per heavy atom. The minimum atomic E-state index is -3.10. The van der Waals surface area contributed by atoms with Gasteiger partial charge in [0.05, 0.1) is 17.1 Å². The minimum Gasteiger partial charge on any atom is -0.507 e. The Labute approximate surface area is 116 Å². The van der Waals surface area contributed by atoms with Gasteiger partial charge in [-0.05, 0) is 13.3 Å². The van der Waals surface area contributed by atoms with Crippen LogP contribution >= 0.6 is 0 Å². The molecule has 8 heteroatoms. The highest BCUT2D eigenvalue weighted by Gasteiger charge is 2.34. The van der Waals surface area contributed by atoms with E-state index in [1.807, 2.05) is 0 Å². The molecule has 1 aromatic rings. The van der Waals surface area contributed by atoms with Gasteiger partial charge < -0.3 is 15.0 Å². The molecule has 7 nitrogen and oxygen atoms in total. The van der Waals surface area contributed by atoms with Crippen LogP contribution in [0.4, 0.5) is 0 Å². The van der Waals surface area contributed by atoms with Gasteiger partial charge in [-0.3, -0.25) is 9.59 Å². The predicted molar refractivity (Wildman–Crippen MR) is 72.5 cm³/mol. The maximum Gasteiger partial charge on any atom is 0.259 e. The predicted octanol–water partition coefficient (Wildman–Crippen LogP) is -0.270. The molecule has 2 N–H and O–H groups in total. The summed E-state index contributed by atoms with van der Waals surface area (Å²) in [5.74, 6) is -0.878. The first-order valence-corrected chi connectivity index (χ1v) is 8.09. The number of aromatic hydroxyl groups is 1. The van der Waals surface area contributed by atoms with Crippen molar-refractivity contribution in [2.75, 3.05) is 18.1 Å². The van der Waals surface area contributed by atoms with Crippen LogP contribution in [-0.4, -0.2) is 53.4 Å². The number of carbonyl (C=O) groups is 1. The second-order valence-electron chi connectivity index (χ2n) is 4.74. The third-order valence-corrected chi connectivity index (χ3v) is 5.13. The van der Waals surface area contributed by atoms with Gasteiger partial charge in [0.15, 0.2) is 9.84 Å². The molecule has 110 valence electrons. The zero-order chi connectivity index (χ0) is 14.9. The fraction of sp³-hybridized carbons (Fsp3) is 0.500. The molecule has 0 saturated carbocycles. The van der Waals surface area contributed by atoms with E-state index in [9.17, 15) is 23.1 Å². The van der Waals surface area contributed by atoms with Crippen LogP contribution in [0.3, 0.4) is 0 Å². The van der Waals surface area contributed by atoms with Crippen molar-refractivity contribution in [3.8, 4) is 5.75 Å². The topological polar surface area (TPSA) is 108 Å². The molecule has 0 aliphatic carbocycles. The molecule has 0 aromatic carbocycles. The molecular formula is C12H16N2O5S. The number of amides is 1. The normalized spacial score (nSPS) is 20.8. The summed E-state index contributed by atoms with van der Waals surface area (Å²) in [5.41, 5.74) is -0.540. The van der Waals surface area contributed by atoms with Crippen molar-refractivity contribution in [3.05, 3.63) is 28.2 Å². The van der Waals surface area contributed by atoms with E-state index in [4.69, 9.17) is 0 Å². The van der Waals surface area contributed by atoms with E-state index in [2.05, 4.69) is 4.98 Å². The van der Waals surface area contributed by atoms with Crippen LogP contribution in [-0.2, 0) is 9.84 Å². The minimum absolute atomic E-state index is 0.0317. The highest BCUT2D eigenvalue weighted by Crippen LogP contribution is 2.22. The van der Waals surface area contributed by atoms with Gasteiger partial charge in [-0.25, -0.2) is 8.42 Å². The molecule has 1 amide bonds. The van der Waals surface area contributed by atoms with Crippen LogP contribution in [0.2, 0.25) is 0 Å². The number of aromatic nitrogens is 1. The van der Waals surface area contributed by atoms with Gasteiger partial charge in [0, 0.05) is 24.8 Å². The smallest absolute Gasteiger partial charge is 0.259 e. The van der Waals surface area contributed by atoms with Gasteiger partial charge in [-0.1, -0.05) is 0 Å². The van der Waals surface area contributed by atoms with E-state index >= 15 is 0 Å². The van der Waals surface area contributed by atoms with E-state index < -0.39 is 27.1 Å². The lowest BCUT2D eigenvalue weighted by atomic mass is 10.1. The lowest BCUT2D eigenvalue weighted by molar-refractivity contribution is 0.0705. The van der Waals surface area contributed by atoms with E-state index in [1.54, 1.807) is 6.92 Å². The molecule has 1 aliphatic heterocycles. The molecule has 0 bridgehead atoms. The second kappa shape index (κ2) is 5.28. The summed E-state index contributed by atoms with van der Waals surface area (Å²) in [5, 5.41) is 9.67. The van der Waals surface area contributed by atoms with Crippen molar-refractivity contribution in [1.82, 2.24) is 9.88 Å². The van der Waals surface area contributed by atoms with Gasteiger partial charge >= 0.3 is 0 Å². The molecule has 1 aliphatic rings. The fourth-order valence-corrected chi connectivity index (χ4v) is 4.11. The molecule has 1 saturated heterocycles. The molecule has 1 atom stereocenters. The maximum atomic E-state index is 12.4. The molecule has 0 spiro atoms. The van der Waals surface area contributed by atoms with Crippen LogP contribution in [0, 0.1) is 0 Å². The highest BCUT2D eigenvalue weighted by molar-refractivity contribution is 7.91. The van der Waals surface area contributed by atoms with Crippen molar-refractivity contribution in [1.29, 1.82) is 0 Å². The Bertz CT molecular complexity index is 679. The Morgan fingerprint density at radius 3 is 2.75 bits per heavy atom. The number of H-pyrrole nitrogens is 1. The average Bonchev–Trinajstić information content (AvgIpc) is 2.70. The molecule has 20 heavy (non-hydrogen) atoms. The van der Waals surface area contributed by atoms with Gasteiger partial charge in [0.1, 0.15) is 5.75 Å². The highest BCUT2D eigenvalue weighted by atomic mass is 32.2. The van der Waals surface area contributed by atoms with E-state index in [0.29, 0.717) is 13.0 Å². The first kappa shape index (κ1) is 14.6. The maximum absolute atomic E-state index is 12.4. The van der Waals surface area contributed by atoms with Gasteiger partial charge in [0.25, 0.3) is 11.5 Å². The molecule has 0 radical (unpaired) electrons. The number of hydrogen-bond donors (Lipinski definition) is 2. The Morgan fingerprint density at radius 2 is 2.25 bits per heavy atom. The molecule has 1 unspecified atom stereocenters. The molecular weight excluding hydrogens is 284 g/mol. The van der Waals surface area contributed by atoms with Crippen molar-refractivity contribution < 1.29 is 18.3 Å². The van der Waals surface area contributed by atoms with E-state index in [1.165, 1.54) is 4.90 Å². The SMILES string of the molecule is CCN(C(=O)c1c[nH]c(=O)cc1O)C1CCS(=O)(=O)C1. The first-order valence-electron chi connectivity index (χ1n) is 6.27. The van der Waals surface area contributed by atoms with Gasteiger partial charge in [0.2, 0.25) is 0 Å². The lowest BCUT2D eigenvalue weighted by Gasteiger charge is -2.27. The van der Waals surface area contributed by atoms with Crippen LogP contribution in [0.25, 0.3) is 0 Å². The largest absolute Gasteiger partial charge is 0.507 e. The summed E-state index contributed by atoms with van der Waals surface area (Å²) in [7, 11) is -3.10. The number of sulfone groups is 1. The third-order valence-electron chi connectivity index (χ3n) is 3.38. The standard InChI is InChI=1S/C12H16N2O5S/c1-2-14(8-3-4-20(18,19)7-8)12(17)9-6-13-11(16)5-10(9)15/h5-6,8H,2-4,7H2,1H3,(H2,13,15,16). The number of carbonyl (C=O) groups excluding carboxylic acids is 1. The van der Waals surface area contributed by atoms with Crippen molar-refractivity contribution in [2.45, 2.75) is 19.4 Å². The van der Waals surface area contributed by atoms with Crippen LogP contribution in [0.15, 0.2) is 17.1 Å². The van der Waals surface area contributed by atoms with Crippen molar-refractivity contribution in [2.24, 2.45) is 0 Å². The molecule has 1 aromatic heterocycles. The summed E-state index contributed by atoms with van der Waals surface area (Å²) < 4.78 is 23.0. The number of rotatable bonds is 3. The zero-order valence-corrected chi connectivity index (χ0v) is 11.8. The van der Waals surface area contributed by atoms with Gasteiger partial charge in [-0.2, -0.15) is 0 Å². The summed E-state index contributed by atoms with van der Waals surface area (Å²) in [6.45, 7) is 2.07. The summed E-state index contributed by atoms with van der Waals surface area (Å²) >= 11 is 0. The number of nitrogens with one attached hydrogen (secondary N) is 1. The molecule has 1 fully saturated rings. The average molecular weight is 300 g/mol. The lowest BCUT2D eigenvalue weighted by Crippen LogP contribution is -2.41. The Kier molecular flexibility index (Phi) is 3.85. The Balaban J connectivity index is 2.28. The quantitative estimate of drug-likeness (QED) is 0.799. The monoisotopic (exact) mass is 300 g/mol. The van der Waals surface area contributed by atoms with Gasteiger partial charge in [-0.15, -0.1) is 0 Å². The van der Waals surface area contributed by atoms with Crippen molar-refractivity contribution in [3.63, 3.8) is 0 Å². The fourth-order valence-electron chi connectivity index (χ4n) is 2.38. The number of pyridine rings is 1. The Hall–Kier alpha value is -1.83. The van der Waals surface area contributed by atoms with Crippen molar-refractivity contribution >= 4 is 15.7 Å². The summed E-state index contributed by atoms with van der Waals surface area (Å²) in [6, 6.07) is 0.538. The molecule has 2 rings (SSSR count). The second-order valence-corrected chi connectivity index (χ2v) is 6.97. The molecule has 2 heterocycles. The van der Waals surface area contributed by atoms with Crippen LogP contribution in [0.1, 0.15) is 23.7 Å². The summed E-state index contributed by atoms with van der Waals surface area (Å²) in [6.07, 6.45) is 1.54. The first-order chi connectivity index (χ1) is 9.34.